The molecule has 1 aliphatic rings. The smallest absolute Gasteiger partial charge is 0.339 e. The van der Waals surface area contributed by atoms with Gasteiger partial charge in [0.05, 0.1) is 13.7 Å². The first-order valence-corrected chi connectivity index (χ1v) is 9.98. The number of ether oxygens (including phenoxy) is 3. The number of hydrogen-bond acceptors (Lipinski definition) is 5. The van der Waals surface area contributed by atoms with E-state index in [1.54, 1.807) is 12.1 Å². The lowest BCUT2D eigenvalue weighted by atomic mass is 9.93. The highest BCUT2D eigenvalue weighted by Gasteiger charge is 2.23. The fourth-order valence-corrected chi connectivity index (χ4v) is 3.62. The molecule has 1 atom stereocenters. The lowest BCUT2D eigenvalue weighted by molar-refractivity contribution is -0.150. The average Bonchev–Trinajstić information content (AvgIpc) is 2.82. The molecular weight excluding hydrogens is 380 g/mol. The number of aliphatic hydroxyl groups is 1. The van der Waals surface area contributed by atoms with Crippen LogP contribution in [-0.2, 0) is 22.6 Å². The first kappa shape index (κ1) is 20.0. The van der Waals surface area contributed by atoms with Gasteiger partial charge in [0, 0.05) is 0 Å². The Morgan fingerprint density at radius 2 is 1.93 bits per heavy atom. The van der Waals surface area contributed by atoms with Crippen molar-refractivity contribution in [3.05, 3.63) is 83.4 Å². The van der Waals surface area contributed by atoms with Crippen molar-refractivity contribution in [3.8, 4) is 22.6 Å². The van der Waals surface area contributed by atoms with Gasteiger partial charge in [-0.1, -0.05) is 42.5 Å². The number of aliphatic hydroxyl groups excluding tert-OH is 1. The first-order chi connectivity index (χ1) is 14.7. The SMILES string of the molecule is COC(=O)C(O)c1ccc(OCc2ccccc2)cc1-c1ccc2c(c1)CCCO2. The molecule has 0 aromatic heterocycles. The van der Waals surface area contributed by atoms with E-state index in [-0.39, 0.29) is 0 Å². The van der Waals surface area contributed by atoms with Crippen molar-refractivity contribution in [3.63, 3.8) is 0 Å². The highest BCUT2D eigenvalue weighted by atomic mass is 16.5. The summed E-state index contributed by atoms with van der Waals surface area (Å²) in [6, 6.07) is 21.2. The number of hydrogen-bond donors (Lipinski definition) is 1. The van der Waals surface area contributed by atoms with Crippen molar-refractivity contribution in [1.82, 2.24) is 0 Å². The number of fused-ring (bicyclic) bond motifs is 1. The third kappa shape index (κ3) is 4.31. The third-order valence-corrected chi connectivity index (χ3v) is 5.21. The number of rotatable bonds is 6. The molecule has 0 aliphatic carbocycles. The van der Waals surface area contributed by atoms with Crippen LogP contribution in [0.3, 0.4) is 0 Å². The van der Waals surface area contributed by atoms with Crippen molar-refractivity contribution in [2.45, 2.75) is 25.6 Å². The van der Waals surface area contributed by atoms with Gasteiger partial charge in [-0.3, -0.25) is 0 Å². The molecule has 0 bridgehead atoms. The van der Waals surface area contributed by atoms with Crippen molar-refractivity contribution >= 4 is 5.97 Å². The molecule has 1 N–H and O–H groups in total. The van der Waals surface area contributed by atoms with Gasteiger partial charge in [0.25, 0.3) is 0 Å². The Morgan fingerprint density at radius 1 is 1.10 bits per heavy atom. The molecule has 154 valence electrons. The molecule has 4 rings (SSSR count). The lowest BCUT2D eigenvalue weighted by Crippen LogP contribution is -2.14. The quantitative estimate of drug-likeness (QED) is 0.615. The number of esters is 1. The normalized spacial score (nSPS) is 13.7. The number of aryl methyl sites for hydroxylation is 1. The average molecular weight is 404 g/mol. The van der Waals surface area contributed by atoms with Crippen LogP contribution in [0.1, 0.15) is 29.2 Å². The van der Waals surface area contributed by atoms with Crippen molar-refractivity contribution in [2.75, 3.05) is 13.7 Å². The van der Waals surface area contributed by atoms with E-state index >= 15 is 0 Å². The Labute approximate surface area is 175 Å². The molecular formula is C25H24O5. The Hall–Kier alpha value is -3.31. The van der Waals surface area contributed by atoms with E-state index in [0.29, 0.717) is 17.9 Å². The Balaban J connectivity index is 1.70. The molecule has 0 saturated carbocycles. The van der Waals surface area contributed by atoms with Crippen LogP contribution in [0.4, 0.5) is 0 Å². The molecule has 0 spiro atoms. The van der Waals surface area contributed by atoms with Gasteiger partial charge in [-0.05, 0) is 64.9 Å². The van der Waals surface area contributed by atoms with E-state index < -0.39 is 12.1 Å². The molecule has 3 aromatic carbocycles. The van der Waals surface area contributed by atoms with Gasteiger partial charge in [-0.2, -0.15) is 0 Å². The summed E-state index contributed by atoms with van der Waals surface area (Å²) < 4.78 is 16.4. The molecule has 1 unspecified atom stereocenters. The number of carbonyl (C=O) groups excluding carboxylic acids is 1. The Kier molecular flexibility index (Phi) is 6.00. The van der Waals surface area contributed by atoms with Crippen LogP contribution in [0.25, 0.3) is 11.1 Å². The maximum Gasteiger partial charge on any atom is 0.339 e. The van der Waals surface area contributed by atoms with Gasteiger partial charge in [0.1, 0.15) is 18.1 Å². The fraction of sp³-hybridized carbons (Fsp3) is 0.240. The van der Waals surface area contributed by atoms with E-state index in [1.165, 1.54) is 7.11 Å². The molecule has 30 heavy (non-hydrogen) atoms. The third-order valence-electron chi connectivity index (χ3n) is 5.21. The zero-order valence-corrected chi connectivity index (χ0v) is 16.8. The first-order valence-electron chi connectivity index (χ1n) is 9.98. The number of carbonyl (C=O) groups is 1. The second-order valence-electron chi connectivity index (χ2n) is 7.22. The summed E-state index contributed by atoms with van der Waals surface area (Å²) in [5.41, 5.74) is 4.27. The molecule has 1 aliphatic heterocycles. The molecule has 5 nitrogen and oxygen atoms in total. The summed E-state index contributed by atoms with van der Waals surface area (Å²) in [6.07, 6.45) is 0.525. The fourth-order valence-electron chi connectivity index (χ4n) is 3.62. The van der Waals surface area contributed by atoms with Gasteiger partial charge in [-0.25, -0.2) is 4.79 Å². The molecule has 0 radical (unpaired) electrons. The van der Waals surface area contributed by atoms with Crippen molar-refractivity contribution in [2.24, 2.45) is 0 Å². The second kappa shape index (κ2) is 9.01. The summed E-state index contributed by atoms with van der Waals surface area (Å²) >= 11 is 0. The van der Waals surface area contributed by atoms with E-state index in [2.05, 4.69) is 6.07 Å². The van der Waals surface area contributed by atoms with Gasteiger partial charge in [0.2, 0.25) is 0 Å². The zero-order chi connectivity index (χ0) is 20.9. The predicted octanol–water partition coefficient (Wildman–Crippen LogP) is 4.46. The van der Waals surface area contributed by atoms with E-state index in [0.717, 1.165) is 47.5 Å². The summed E-state index contributed by atoms with van der Waals surface area (Å²) in [4.78, 5) is 12.0. The van der Waals surface area contributed by atoms with Crippen LogP contribution in [0, 0.1) is 0 Å². The summed E-state index contributed by atoms with van der Waals surface area (Å²) in [7, 11) is 1.26. The van der Waals surface area contributed by atoms with Crippen LogP contribution >= 0.6 is 0 Å². The predicted molar refractivity (Wildman–Crippen MR) is 113 cm³/mol. The van der Waals surface area contributed by atoms with Crippen LogP contribution in [0.5, 0.6) is 11.5 Å². The van der Waals surface area contributed by atoms with Crippen LogP contribution in [-0.4, -0.2) is 24.8 Å². The minimum Gasteiger partial charge on any atom is -0.493 e. The molecule has 0 saturated heterocycles. The van der Waals surface area contributed by atoms with E-state index in [1.807, 2.05) is 48.5 Å². The summed E-state index contributed by atoms with van der Waals surface area (Å²) in [5.74, 6) is 0.843. The maximum atomic E-state index is 12.0. The standard InChI is InChI=1S/C25H24O5/c1-28-25(27)24(26)21-11-10-20(30-16-17-6-3-2-4-7-17)15-22(21)18-9-12-23-19(14-18)8-5-13-29-23/h2-4,6-7,9-12,14-15,24,26H,5,8,13,16H2,1H3. The topological polar surface area (TPSA) is 65.0 Å². The molecule has 0 fully saturated rings. The monoisotopic (exact) mass is 404 g/mol. The van der Waals surface area contributed by atoms with Crippen molar-refractivity contribution in [1.29, 1.82) is 0 Å². The summed E-state index contributed by atoms with van der Waals surface area (Å²) in [5, 5.41) is 10.5. The number of benzene rings is 3. The molecule has 3 aromatic rings. The minimum atomic E-state index is -1.37. The lowest BCUT2D eigenvalue weighted by Gasteiger charge is -2.20. The van der Waals surface area contributed by atoms with E-state index in [4.69, 9.17) is 14.2 Å². The Bertz CT molecular complexity index is 1030. The molecule has 5 heteroatoms. The highest BCUT2D eigenvalue weighted by molar-refractivity contribution is 5.81. The minimum absolute atomic E-state index is 0.428. The molecule has 0 amide bonds. The maximum absolute atomic E-state index is 12.0. The van der Waals surface area contributed by atoms with Gasteiger partial charge >= 0.3 is 5.97 Å². The highest BCUT2D eigenvalue weighted by Crippen LogP contribution is 2.36. The number of methoxy groups -OCH3 is 1. The van der Waals surface area contributed by atoms with E-state index in [9.17, 15) is 9.90 Å². The second-order valence-corrected chi connectivity index (χ2v) is 7.22. The van der Waals surface area contributed by atoms with Gasteiger partial charge in [0.15, 0.2) is 6.10 Å². The Morgan fingerprint density at radius 3 is 2.73 bits per heavy atom. The van der Waals surface area contributed by atoms with Crippen LogP contribution < -0.4 is 9.47 Å². The van der Waals surface area contributed by atoms with Crippen LogP contribution in [0.2, 0.25) is 0 Å². The van der Waals surface area contributed by atoms with Gasteiger partial charge in [-0.15, -0.1) is 0 Å². The summed E-state index contributed by atoms with van der Waals surface area (Å²) in [6.45, 7) is 1.15. The van der Waals surface area contributed by atoms with Crippen LogP contribution in [0.15, 0.2) is 66.7 Å². The van der Waals surface area contributed by atoms with Crippen molar-refractivity contribution < 1.29 is 24.1 Å². The van der Waals surface area contributed by atoms with Gasteiger partial charge < -0.3 is 19.3 Å². The largest absolute Gasteiger partial charge is 0.493 e. The molecule has 1 heterocycles. The zero-order valence-electron chi connectivity index (χ0n) is 16.8.